The Bertz CT molecular complexity index is 2310. The molecule has 1 aliphatic rings. The van der Waals surface area contributed by atoms with Crippen LogP contribution in [0.2, 0.25) is 0 Å². The maximum Gasteiger partial charge on any atom is 0.143 e. The topological polar surface area (TPSA) is 9.23 Å². The number of hydrogen-bond acceptors (Lipinski definition) is 1. The van der Waals surface area contributed by atoms with E-state index in [2.05, 4.69) is 133 Å². The molecule has 0 aliphatic carbocycles. The van der Waals surface area contributed by atoms with Gasteiger partial charge >= 0.3 is 0 Å². The molecular weight excluding hydrogens is 472 g/mol. The second-order valence-corrected chi connectivity index (χ2v) is 10.5. The summed E-state index contributed by atoms with van der Waals surface area (Å²) in [6, 6.07) is 48.4. The molecule has 1 heterocycles. The van der Waals surface area contributed by atoms with Gasteiger partial charge in [0.05, 0.1) is 0 Å². The predicted octanol–water partition coefficient (Wildman–Crippen LogP) is 10.9. The number of benzene rings is 8. The molecule has 0 bridgehead atoms. The summed E-state index contributed by atoms with van der Waals surface area (Å²) in [4.78, 5) is 0. The second kappa shape index (κ2) is 7.69. The first-order valence-corrected chi connectivity index (χ1v) is 13.4. The van der Waals surface area contributed by atoms with Crippen molar-refractivity contribution in [2.24, 2.45) is 0 Å². The average Bonchev–Trinajstić information content (AvgIpc) is 3.00. The van der Waals surface area contributed by atoms with Gasteiger partial charge in [-0.3, -0.25) is 0 Å². The Hall–Kier alpha value is -5.14. The van der Waals surface area contributed by atoms with Crippen LogP contribution in [0, 0.1) is 0 Å². The molecule has 8 aromatic rings. The average molecular weight is 495 g/mol. The molecule has 0 saturated heterocycles. The Kier molecular flexibility index (Phi) is 4.11. The summed E-state index contributed by atoms with van der Waals surface area (Å²) in [7, 11) is 0. The first-order chi connectivity index (χ1) is 19.3. The highest BCUT2D eigenvalue weighted by Crippen LogP contribution is 2.51. The van der Waals surface area contributed by atoms with Crippen molar-refractivity contribution < 1.29 is 4.74 Å². The summed E-state index contributed by atoms with van der Waals surface area (Å²) >= 11 is 0. The maximum atomic E-state index is 6.64. The Labute approximate surface area is 225 Å². The molecular formula is C38H22O. The van der Waals surface area contributed by atoms with E-state index in [9.17, 15) is 0 Å². The van der Waals surface area contributed by atoms with Gasteiger partial charge in [0.15, 0.2) is 0 Å². The molecule has 0 fully saturated rings. The third-order valence-electron chi connectivity index (χ3n) is 8.42. The van der Waals surface area contributed by atoms with E-state index >= 15 is 0 Å². The highest BCUT2D eigenvalue weighted by Gasteiger charge is 2.23. The largest absolute Gasteiger partial charge is 0.455 e. The SMILES string of the molecule is c1cc(-c2ccc3c4c(cccc24)Oc2c-3ccc3ccccc23)c2cc3ccc4ccccc4c3cc2c1. The smallest absolute Gasteiger partial charge is 0.143 e. The standard InChI is InChI=1S/C38H22O/c1-3-10-27-23(7-1)15-16-26-22-35-25(21-34(26)27)9-5-12-29(35)30-19-20-32-33-18-17-24-8-2-4-11-28(24)38(33)39-36-14-6-13-31(30)37(32)36/h1-22H. The number of rotatable bonds is 1. The van der Waals surface area contributed by atoms with Crippen molar-refractivity contribution in [2.75, 3.05) is 0 Å². The molecule has 0 spiro atoms. The van der Waals surface area contributed by atoms with Crippen LogP contribution < -0.4 is 4.74 Å². The molecule has 8 aromatic carbocycles. The van der Waals surface area contributed by atoms with Gasteiger partial charge in [0, 0.05) is 16.3 Å². The van der Waals surface area contributed by atoms with Crippen LogP contribution in [0.5, 0.6) is 11.5 Å². The van der Waals surface area contributed by atoms with Gasteiger partial charge in [-0.25, -0.2) is 0 Å². The van der Waals surface area contributed by atoms with E-state index in [0.717, 1.165) is 22.4 Å². The van der Waals surface area contributed by atoms with Crippen LogP contribution in [0.25, 0.3) is 76.1 Å². The molecule has 0 amide bonds. The van der Waals surface area contributed by atoms with Crippen molar-refractivity contribution in [1.29, 1.82) is 0 Å². The minimum atomic E-state index is 0.922. The monoisotopic (exact) mass is 494 g/mol. The molecule has 180 valence electrons. The minimum Gasteiger partial charge on any atom is -0.455 e. The van der Waals surface area contributed by atoms with Crippen LogP contribution in [0.1, 0.15) is 0 Å². The van der Waals surface area contributed by atoms with Gasteiger partial charge in [-0.1, -0.05) is 109 Å². The normalized spacial score (nSPS) is 12.3. The van der Waals surface area contributed by atoms with E-state index in [1.54, 1.807) is 0 Å². The zero-order valence-electron chi connectivity index (χ0n) is 21.1. The van der Waals surface area contributed by atoms with Gasteiger partial charge in [-0.15, -0.1) is 0 Å². The lowest BCUT2D eigenvalue weighted by Gasteiger charge is -2.24. The second-order valence-electron chi connectivity index (χ2n) is 10.5. The molecule has 9 rings (SSSR count). The van der Waals surface area contributed by atoms with E-state index in [1.165, 1.54) is 65.2 Å². The summed E-state index contributed by atoms with van der Waals surface area (Å²) in [5.74, 6) is 1.87. The molecule has 39 heavy (non-hydrogen) atoms. The summed E-state index contributed by atoms with van der Waals surface area (Å²) in [6.07, 6.45) is 0. The first kappa shape index (κ1) is 20.9. The van der Waals surface area contributed by atoms with Crippen molar-refractivity contribution in [2.45, 2.75) is 0 Å². The van der Waals surface area contributed by atoms with Crippen molar-refractivity contribution in [3.63, 3.8) is 0 Å². The van der Waals surface area contributed by atoms with E-state index in [0.29, 0.717) is 0 Å². The van der Waals surface area contributed by atoms with Crippen LogP contribution in [-0.2, 0) is 0 Å². The number of ether oxygens (including phenoxy) is 1. The fourth-order valence-electron chi connectivity index (χ4n) is 6.61. The van der Waals surface area contributed by atoms with Crippen molar-refractivity contribution in [3.05, 3.63) is 133 Å². The molecule has 0 unspecified atom stereocenters. The van der Waals surface area contributed by atoms with E-state index in [4.69, 9.17) is 4.74 Å². The lowest BCUT2D eigenvalue weighted by Crippen LogP contribution is -1.98. The van der Waals surface area contributed by atoms with Crippen LogP contribution in [0.4, 0.5) is 0 Å². The van der Waals surface area contributed by atoms with Gasteiger partial charge in [-0.05, 0) is 84.0 Å². The summed E-state index contributed by atoms with van der Waals surface area (Å²) in [5.41, 5.74) is 4.86. The molecule has 1 heteroatoms. The first-order valence-electron chi connectivity index (χ1n) is 13.4. The van der Waals surface area contributed by atoms with Crippen LogP contribution in [-0.4, -0.2) is 0 Å². The van der Waals surface area contributed by atoms with Crippen molar-refractivity contribution >= 4 is 53.9 Å². The van der Waals surface area contributed by atoms with Crippen LogP contribution in [0.15, 0.2) is 133 Å². The van der Waals surface area contributed by atoms with Crippen molar-refractivity contribution in [3.8, 4) is 33.8 Å². The molecule has 0 aromatic heterocycles. The number of fused-ring (bicyclic) bond motifs is 8. The molecule has 0 N–H and O–H groups in total. The quantitative estimate of drug-likeness (QED) is 0.163. The summed E-state index contributed by atoms with van der Waals surface area (Å²) in [6.45, 7) is 0. The summed E-state index contributed by atoms with van der Waals surface area (Å²) in [5, 5.41) is 12.4. The zero-order chi connectivity index (χ0) is 25.5. The van der Waals surface area contributed by atoms with Crippen LogP contribution in [0.3, 0.4) is 0 Å². The Morgan fingerprint density at radius 1 is 0.333 bits per heavy atom. The van der Waals surface area contributed by atoms with Gasteiger partial charge in [-0.2, -0.15) is 0 Å². The van der Waals surface area contributed by atoms with Gasteiger partial charge < -0.3 is 4.74 Å². The van der Waals surface area contributed by atoms with Gasteiger partial charge in [0.1, 0.15) is 11.5 Å². The van der Waals surface area contributed by atoms with Crippen molar-refractivity contribution in [1.82, 2.24) is 0 Å². The highest BCUT2D eigenvalue weighted by atomic mass is 16.5. The Morgan fingerprint density at radius 2 is 0.923 bits per heavy atom. The molecule has 1 nitrogen and oxygen atoms in total. The highest BCUT2D eigenvalue weighted by molar-refractivity contribution is 6.17. The molecule has 0 atom stereocenters. The van der Waals surface area contributed by atoms with Gasteiger partial charge in [0.2, 0.25) is 0 Å². The van der Waals surface area contributed by atoms with E-state index in [-0.39, 0.29) is 0 Å². The molecule has 0 radical (unpaired) electrons. The Balaban J connectivity index is 1.32. The lowest BCUT2D eigenvalue weighted by atomic mass is 9.87. The zero-order valence-corrected chi connectivity index (χ0v) is 21.1. The predicted molar refractivity (Wildman–Crippen MR) is 165 cm³/mol. The lowest BCUT2D eigenvalue weighted by molar-refractivity contribution is 0.493. The number of hydrogen-bond donors (Lipinski definition) is 0. The Morgan fingerprint density at radius 3 is 1.85 bits per heavy atom. The maximum absolute atomic E-state index is 6.64. The van der Waals surface area contributed by atoms with E-state index in [1.807, 2.05) is 0 Å². The van der Waals surface area contributed by atoms with E-state index < -0.39 is 0 Å². The fourth-order valence-corrected chi connectivity index (χ4v) is 6.61. The van der Waals surface area contributed by atoms with Crippen LogP contribution >= 0.6 is 0 Å². The van der Waals surface area contributed by atoms with Gasteiger partial charge in [0.25, 0.3) is 0 Å². The summed E-state index contributed by atoms with van der Waals surface area (Å²) < 4.78 is 6.64. The molecule has 0 saturated carbocycles. The molecule has 1 aliphatic heterocycles. The third-order valence-corrected chi connectivity index (χ3v) is 8.42. The third kappa shape index (κ3) is 2.90. The minimum absolute atomic E-state index is 0.922. The fraction of sp³-hybridized carbons (Fsp3) is 0.